The van der Waals surface area contributed by atoms with E-state index in [1.807, 2.05) is 37.2 Å². The van der Waals surface area contributed by atoms with Crippen LogP contribution in [0.3, 0.4) is 0 Å². The van der Waals surface area contributed by atoms with Crippen molar-refractivity contribution in [2.75, 3.05) is 27.2 Å². The van der Waals surface area contributed by atoms with Gasteiger partial charge in [0.25, 0.3) is 5.91 Å². The summed E-state index contributed by atoms with van der Waals surface area (Å²) in [6, 6.07) is 11.9. The summed E-state index contributed by atoms with van der Waals surface area (Å²) in [5, 5.41) is 3.06. The van der Waals surface area contributed by atoms with E-state index in [-0.39, 0.29) is 17.8 Å². The molecule has 1 aliphatic rings. The fourth-order valence-corrected chi connectivity index (χ4v) is 3.09. The zero-order valence-electron chi connectivity index (χ0n) is 14.6. The van der Waals surface area contributed by atoms with Gasteiger partial charge >= 0.3 is 0 Å². The number of hydrogen-bond acceptors (Lipinski definition) is 3. The number of nitrogens with zero attached hydrogens (tertiary/aromatic N) is 1. The van der Waals surface area contributed by atoms with Crippen LogP contribution in [0.2, 0.25) is 0 Å². The minimum Gasteiger partial charge on any atom is -0.491 e. The number of benzene rings is 2. The number of rotatable bonds is 6. The number of aryl methyl sites for hydroxylation is 1. The number of likely N-dealkylation sites (N-methyl/N-ethyl adjacent to an activating group) is 1. The Hall–Kier alpha value is -2.40. The number of fused-ring (bicyclic) bond motifs is 1. The highest BCUT2D eigenvalue weighted by Gasteiger charge is 2.25. The summed E-state index contributed by atoms with van der Waals surface area (Å²) in [5.41, 5.74) is 2.50. The Morgan fingerprint density at radius 2 is 2.08 bits per heavy atom. The number of amides is 1. The molecule has 1 amide bonds. The second-order valence-electron chi connectivity index (χ2n) is 6.56. The van der Waals surface area contributed by atoms with E-state index in [1.165, 1.54) is 6.07 Å². The highest BCUT2D eigenvalue weighted by Crippen LogP contribution is 2.32. The van der Waals surface area contributed by atoms with Crippen molar-refractivity contribution in [1.82, 2.24) is 10.2 Å². The molecule has 0 fully saturated rings. The van der Waals surface area contributed by atoms with E-state index in [1.54, 1.807) is 18.2 Å². The molecule has 0 bridgehead atoms. The molecule has 3 rings (SSSR count). The first kappa shape index (κ1) is 17.4. The molecule has 1 N–H and O–H groups in total. The van der Waals surface area contributed by atoms with Crippen molar-refractivity contribution >= 4 is 5.91 Å². The number of para-hydroxylation sites is 1. The summed E-state index contributed by atoms with van der Waals surface area (Å²) in [4.78, 5) is 14.7. The monoisotopic (exact) mass is 342 g/mol. The zero-order chi connectivity index (χ0) is 17.8. The van der Waals surface area contributed by atoms with Gasteiger partial charge in [-0.1, -0.05) is 18.2 Å². The highest BCUT2D eigenvalue weighted by molar-refractivity contribution is 5.97. The molecule has 132 valence electrons. The van der Waals surface area contributed by atoms with Gasteiger partial charge < -0.3 is 15.0 Å². The zero-order valence-corrected chi connectivity index (χ0v) is 14.6. The Labute approximate surface area is 147 Å². The molecule has 1 atom stereocenters. The fraction of sp³-hybridized carbons (Fsp3) is 0.350. The van der Waals surface area contributed by atoms with E-state index in [0.717, 1.165) is 30.5 Å². The van der Waals surface area contributed by atoms with E-state index < -0.39 is 0 Å². The molecular formula is C20H23FN2O2. The maximum Gasteiger partial charge on any atom is 0.255 e. The normalized spacial score (nSPS) is 15.9. The lowest BCUT2D eigenvalue weighted by Crippen LogP contribution is -2.28. The molecule has 2 aromatic rings. The first-order chi connectivity index (χ1) is 12.0. The number of carbonyl (C=O) groups is 1. The van der Waals surface area contributed by atoms with Crippen molar-refractivity contribution in [1.29, 1.82) is 0 Å². The number of carbonyl (C=O) groups excluding carboxylic acids is 1. The van der Waals surface area contributed by atoms with Gasteiger partial charge in [0.15, 0.2) is 0 Å². The maximum absolute atomic E-state index is 13.3. The molecule has 5 heteroatoms. The lowest BCUT2D eigenvalue weighted by molar-refractivity contribution is 0.0932. The van der Waals surface area contributed by atoms with Crippen molar-refractivity contribution in [2.45, 2.75) is 18.9 Å². The third kappa shape index (κ3) is 4.17. The minimum absolute atomic E-state index is 0.0852. The maximum atomic E-state index is 13.3. The fourth-order valence-electron chi connectivity index (χ4n) is 3.09. The van der Waals surface area contributed by atoms with Gasteiger partial charge in [-0.2, -0.15) is 0 Å². The summed E-state index contributed by atoms with van der Waals surface area (Å²) < 4.78 is 19.1. The number of ether oxygens (including phenoxy) is 1. The summed E-state index contributed by atoms with van der Waals surface area (Å²) in [7, 11) is 3.95. The summed E-state index contributed by atoms with van der Waals surface area (Å²) in [5.74, 6) is 0.187. The van der Waals surface area contributed by atoms with E-state index in [2.05, 4.69) is 5.32 Å². The lowest BCUT2D eigenvalue weighted by atomic mass is 10.1. The van der Waals surface area contributed by atoms with Crippen molar-refractivity contribution in [3.63, 3.8) is 0 Å². The van der Waals surface area contributed by atoms with Crippen LogP contribution in [0.15, 0.2) is 42.5 Å². The molecule has 1 unspecified atom stereocenters. The molecule has 4 nitrogen and oxygen atoms in total. The first-order valence-corrected chi connectivity index (χ1v) is 8.50. The molecular weight excluding hydrogens is 319 g/mol. The second kappa shape index (κ2) is 7.66. The van der Waals surface area contributed by atoms with Gasteiger partial charge in [0.1, 0.15) is 18.2 Å². The number of halogens is 1. The van der Waals surface area contributed by atoms with Gasteiger partial charge in [-0.15, -0.1) is 0 Å². The predicted octanol–water partition coefficient (Wildman–Crippen LogP) is 3.18. The van der Waals surface area contributed by atoms with Crippen LogP contribution in [0.5, 0.6) is 5.75 Å². The van der Waals surface area contributed by atoms with E-state index in [4.69, 9.17) is 4.74 Å². The van der Waals surface area contributed by atoms with Crippen molar-refractivity contribution in [2.24, 2.45) is 0 Å². The lowest BCUT2D eigenvalue weighted by Gasteiger charge is -2.17. The summed E-state index contributed by atoms with van der Waals surface area (Å²) >= 11 is 0. The molecule has 0 spiro atoms. The average molecular weight is 342 g/mol. The van der Waals surface area contributed by atoms with Gasteiger partial charge in [-0.05, 0) is 62.3 Å². The Kier molecular flexibility index (Phi) is 5.34. The largest absolute Gasteiger partial charge is 0.491 e. The molecule has 1 aliphatic carbocycles. The van der Waals surface area contributed by atoms with Gasteiger partial charge in [0, 0.05) is 6.54 Å². The van der Waals surface area contributed by atoms with Crippen LogP contribution in [0, 0.1) is 5.82 Å². The topological polar surface area (TPSA) is 41.6 Å². The van der Waals surface area contributed by atoms with Crippen LogP contribution < -0.4 is 10.1 Å². The molecule has 0 saturated carbocycles. The van der Waals surface area contributed by atoms with Crippen molar-refractivity contribution in [3.05, 3.63) is 65.0 Å². The standard InChI is InChI=1S/C20H23FN2O2/c1-23(2)11-12-25-19-6-4-3-5-17(19)20(24)22-18-10-7-14-13-15(21)8-9-16(14)18/h3-6,8-9,13,18H,7,10-12H2,1-2H3,(H,22,24). The van der Waals surface area contributed by atoms with E-state index in [0.29, 0.717) is 17.9 Å². The van der Waals surface area contributed by atoms with Gasteiger partial charge in [-0.3, -0.25) is 4.79 Å². The highest BCUT2D eigenvalue weighted by atomic mass is 19.1. The quantitative estimate of drug-likeness (QED) is 0.877. The smallest absolute Gasteiger partial charge is 0.255 e. The van der Waals surface area contributed by atoms with Gasteiger partial charge in [-0.25, -0.2) is 4.39 Å². The van der Waals surface area contributed by atoms with Crippen LogP contribution in [-0.4, -0.2) is 38.1 Å². The Morgan fingerprint density at radius 1 is 1.28 bits per heavy atom. The Bertz CT molecular complexity index is 761. The molecule has 0 saturated heterocycles. The minimum atomic E-state index is -0.231. The SMILES string of the molecule is CN(C)CCOc1ccccc1C(=O)NC1CCc2cc(F)ccc21. The number of nitrogens with one attached hydrogen (secondary N) is 1. The molecule has 25 heavy (non-hydrogen) atoms. The van der Waals surface area contributed by atoms with Crippen LogP contribution in [0.1, 0.15) is 33.9 Å². The third-order valence-corrected chi connectivity index (χ3v) is 4.42. The van der Waals surface area contributed by atoms with Gasteiger partial charge in [0.05, 0.1) is 11.6 Å². The van der Waals surface area contributed by atoms with Crippen LogP contribution >= 0.6 is 0 Å². The molecule has 0 heterocycles. The van der Waals surface area contributed by atoms with Gasteiger partial charge in [0.2, 0.25) is 0 Å². The molecule has 0 radical (unpaired) electrons. The molecule has 2 aromatic carbocycles. The molecule has 0 aromatic heterocycles. The van der Waals surface area contributed by atoms with Crippen molar-refractivity contribution < 1.29 is 13.9 Å². The Balaban J connectivity index is 1.70. The molecule has 0 aliphatic heterocycles. The second-order valence-corrected chi connectivity index (χ2v) is 6.56. The van der Waals surface area contributed by atoms with E-state index >= 15 is 0 Å². The first-order valence-electron chi connectivity index (χ1n) is 8.50. The van der Waals surface area contributed by atoms with Crippen molar-refractivity contribution in [3.8, 4) is 5.75 Å². The van der Waals surface area contributed by atoms with E-state index in [9.17, 15) is 9.18 Å². The number of hydrogen-bond donors (Lipinski definition) is 1. The third-order valence-electron chi connectivity index (χ3n) is 4.42. The van der Waals surface area contributed by atoms with Crippen LogP contribution in [0.4, 0.5) is 4.39 Å². The Morgan fingerprint density at radius 3 is 2.88 bits per heavy atom. The predicted molar refractivity (Wildman–Crippen MR) is 95.4 cm³/mol. The summed E-state index contributed by atoms with van der Waals surface area (Å²) in [6.07, 6.45) is 1.56. The van der Waals surface area contributed by atoms with Crippen LogP contribution in [0.25, 0.3) is 0 Å². The van der Waals surface area contributed by atoms with Crippen LogP contribution in [-0.2, 0) is 6.42 Å². The average Bonchev–Trinajstić information content (AvgIpc) is 2.97. The summed E-state index contributed by atoms with van der Waals surface area (Å²) in [6.45, 7) is 1.29.